The van der Waals surface area contributed by atoms with E-state index in [0.29, 0.717) is 6.42 Å². The van der Waals surface area contributed by atoms with Gasteiger partial charge in [0.15, 0.2) is 0 Å². The van der Waals surface area contributed by atoms with E-state index in [4.69, 9.17) is 11.5 Å². The summed E-state index contributed by atoms with van der Waals surface area (Å²) < 4.78 is 0. The highest BCUT2D eigenvalue weighted by molar-refractivity contribution is 5.86. The molecule has 0 spiro atoms. The van der Waals surface area contributed by atoms with E-state index < -0.39 is 17.2 Å². The van der Waals surface area contributed by atoms with Crippen LogP contribution in [-0.2, 0) is 9.59 Å². The third kappa shape index (κ3) is 2.57. The van der Waals surface area contributed by atoms with E-state index in [1.54, 1.807) is 13.8 Å². The fourth-order valence-electron chi connectivity index (χ4n) is 0.771. The van der Waals surface area contributed by atoms with Crippen molar-refractivity contribution in [1.82, 2.24) is 0 Å². The van der Waals surface area contributed by atoms with Crippen molar-refractivity contribution in [3.05, 3.63) is 0 Å². The summed E-state index contributed by atoms with van der Waals surface area (Å²) in [4.78, 5) is 21.3. The van der Waals surface area contributed by atoms with Crippen LogP contribution in [0.4, 0.5) is 0 Å². The van der Waals surface area contributed by atoms with Crippen LogP contribution < -0.4 is 11.5 Å². The summed E-state index contributed by atoms with van der Waals surface area (Å²) >= 11 is 0. The maximum absolute atomic E-state index is 10.8. The second-order valence-electron chi connectivity index (χ2n) is 2.92. The van der Waals surface area contributed by atoms with Gasteiger partial charge in [-0.3, -0.25) is 9.59 Å². The Morgan fingerprint density at radius 3 is 1.91 bits per heavy atom. The van der Waals surface area contributed by atoms with E-state index in [2.05, 4.69) is 0 Å². The van der Waals surface area contributed by atoms with Crippen LogP contribution >= 0.6 is 0 Å². The molecule has 0 aliphatic heterocycles. The number of carbonyl (C=O) groups is 2. The number of hydrogen-bond donors (Lipinski definition) is 2. The van der Waals surface area contributed by atoms with Crippen molar-refractivity contribution in [1.29, 1.82) is 0 Å². The second-order valence-corrected chi connectivity index (χ2v) is 2.92. The molecule has 0 radical (unpaired) electrons. The standard InChI is InChI=1S/C7H14N2O2/c1-3-7(2,6(9)11)4-5(8)10/h3-4H2,1-2H3,(H2,8,10)(H2,9,11). The average molecular weight is 158 g/mol. The van der Waals surface area contributed by atoms with Crippen LogP contribution in [0.2, 0.25) is 0 Å². The van der Waals surface area contributed by atoms with Crippen LogP contribution in [0.3, 0.4) is 0 Å². The predicted octanol–water partition coefficient (Wildman–Crippen LogP) is -0.237. The number of amides is 2. The van der Waals surface area contributed by atoms with Crippen molar-refractivity contribution in [3.63, 3.8) is 0 Å². The van der Waals surface area contributed by atoms with Gasteiger partial charge in [0.2, 0.25) is 11.8 Å². The summed E-state index contributed by atoms with van der Waals surface area (Å²) in [7, 11) is 0. The molecular weight excluding hydrogens is 144 g/mol. The minimum atomic E-state index is -0.772. The smallest absolute Gasteiger partial charge is 0.223 e. The van der Waals surface area contributed by atoms with E-state index in [-0.39, 0.29) is 6.42 Å². The zero-order valence-electron chi connectivity index (χ0n) is 6.89. The second kappa shape index (κ2) is 3.37. The summed E-state index contributed by atoms with van der Waals surface area (Å²) in [5, 5.41) is 0. The van der Waals surface area contributed by atoms with Crippen molar-refractivity contribution in [2.45, 2.75) is 26.7 Å². The van der Waals surface area contributed by atoms with Gasteiger partial charge in [-0.1, -0.05) is 13.8 Å². The third-order valence-corrected chi connectivity index (χ3v) is 1.94. The number of rotatable bonds is 4. The van der Waals surface area contributed by atoms with Gasteiger partial charge in [-0.2, -0.15) is 0 Å². The van der Waals surface area contributed by atoms with Crippen LogP contribution in [0.1, 0.15) is 26.7 Å². The minimum absolute atomic E-state index is 0.0266. The molecule has 4 N–H and O–H groups in total. The van der Waals surface area contributed by atoms with Gasteiger partial charge in [-0.05, 0) is 6.42 Å². The summed E-state index contributed by atoms with van der Waals surface area (Å²) in [5.74, 6) is -0.966. The fraction of sp³-hybridized carbons (Fsp3) is 0.714. The van der Waals surface area contributed by atoms with E-state index in [1.165, 1.54) is 0 Å². The highest BCUT2D eigenvalue weighted by Crippen LogP contribution is 2.24. The van der Waals surface area contributed by atoms with E-state index in [1.807, 2.05) is 0 Å². The SMILES string of the molecule is CCC(C)(CC(N)=O)C(N)=O. The molecule has 0 heterocycles. The van der Waals surface area contributed by atoms with Gasteiger partial charge in [0.1, 0.15) is 0 Å². The van der Waals surface area contributed by atoms with Gasteiger partial charge in [0, 0.05) is 6.42 Å². The molecule has 4 nitrogen and oxygen atoms in total. The molecule has 11 heavy (non-hydrogen) atoms. The van der Waals surface area contributed by atoms with Crippen molar-refractivity contribution in [2.75, 3.05) is 0 Å². The summed E-state index contributed by atoms with van der Waals surface area (Å²) in [6.45, 7) is 3.44. The minimum Gasteiger partial charge on any atom is -0.370 e. The molecule has 0 saturated heterocycles. The normalized spacial score (nSPS) is 15.5. The predicted molar refractivity (Wildman–Crippen MR) is 41.4 cm³/mol. The Morgan fingerprint density at radius 1 is 1.36 bits per heavy atom. The Morgan fingerprint density at radius 2 is 1.82 bits per heavy atom. The lowest BCUT2D eigenvalue weighted by atomic mass is 9.83. The first-order valence-electron chi connectivity index (χ1n) is 3.50. The fourth-order valence-corrected chi connectivity index (χ4v) is 0.771. The molecule has 0 aromatic rings. The Bertz CT molecular complexity index is 179. The Kier molecular flexibility index (Phi) is 3.04. The van der Waals surface area contributed by atoms with Crippen molar-refractivity contribution >= 4 is 11.8 Å². The van der Waals surface area contributed by atoms with E-state index in [9.17, 15) is 9.59 Å². The average Bonchev–Trinajstić information content (AvgIpc) is 1.86. The number of primary amides is 2. The number of carbonyl (C=O) groups excluding carboxylic acids is 2. The zero-order valence-corrected chi connectivity index (χ0v) is 6.89. The van der Waals surface area contributed by atoms with Crippen LogP contribution in [0.15, 0.2) is 0 Å². The maximum atomic E-state index is 10.8. The van der Waals surface area contributed by atoms with Crippen LogP contribution in [0, 0.1) is 5.41 Å². The molecule has 64 valence electrons. The third-order valence-electron chi connectivity index (χ3n) is 1.94. The Balaban J connectivity index is 4.34. The molecule has 2 amide bonds. The molecule has 1 unspecified atom stereocenters. The van der Waals surface area contributed by atoms with E-state index in [0.717, 1.165) is 0 Å². The molecule has 1 atom stereocenters. The van der Waals surface area contributed by atoms with Gasteiger partial charge >= 0.3 is 0 Å². The lowest BCUT2D eigenvalue weighted by Crippen LogP contribution is -2.37. The topological polar surface area (TPSA) is 86.2 Å². The highest BCUT2D eigenvalue weighted by atomic mass is 16.2. The first-order chi connectivity index (χ1) is 4.92. The van der Waals surface area contributed by atoms with Crippen molar-refractivity contribution in [2.24, 2.45) is 16.9 Å². The summed E-state index contributed by atoms with van der Waals surface area (Å²) in [6.07, 6.45) is 0.560. The molecule has 0 saturated carbocycles. The lowest BCUT2D eigenvalue weighted by molar-refractivity contribution is -0.132. The van der Waals surface area contributed by atoms with Crippen LogP contribution in [-0.4, -0.2) is 11.8 Å². The monoisotopic (exact) mass is 158 g/mol. The quantitative estimate of drug-likeness (QED) is 0.591. The van der Waals surface area contributed by atoms with Gasteiger partial charge in [0.05, 0.1) is 5.41 Å². The largest absolute Gasteiger partial charge is 0.370 e. The maximum Gasteiger partial charge on any atom is 0.223 e. The van der Waals surface area contributed by atoms with Crippen LogP contribution in [0.25, 0.3) is 0 Å². The molecule has 0 aliphatic rings. The molecular formula is C7H14N2O2. The van der Waals surface area contributed by atoms with Gasteiger partial charge in [-0.25, -0.2) is 0 Å². The van der Waals surface area contributed by atoms with Crippen molar-refractivity contribution in [3.8, 4) is 0 Å². The number of hydrogen-bond acceptors (Lipinski definition) is 2. The van der Waals surface area contributed by atoms with Crippen LogP contribution in [0.5, 0.6) is 0 Å². The molecule has 0 fully saturated rings. The summed E-state index contributed by atoms with van der Waals surface area (Å²) in [6, 6.07) is 0. The van der Waals surface area contributed by atoms with E-state index >= 15 is 0 Å². The Hall–Kier alpha value is -1.06. The molecule has 0 bridgehead atoms. The molecule has 4 heteroatoms. The number of nitrogens with two attached hydrogens (primary N) is 2. The van der Waals surface area contributed by atoms with Gasteiger partial charge < -0.3 is 11.5 Å². The first-order valence-corrected chi connectivity index (χ1v) is 3.50. The summed E-state index contributed by atoms with van der Waals surface area (Å²) in [5.41, 5.74) is 9.26. The zero-order chi connectivity index (χ0) is 9.07. The highest BCUT2D eigenvalue weighted by Gasteiger charge is 2.30. The molecule has 0 rings (SSSR count). The van der Waals surface area contributed by atoms with Gasteiger partial charge in [-0.15, -0.1) is 0 Å². The molecule has 0 aromatic heterocycles. The molecule has 0 aromatic carbocycles. The molecule has 0 aliphatic carbocycles. The van der Waals surface area contributed by atoms with Crippen molar-refractivity contribution < 1.29 is 9.59 Å². The lowest BCUT2D eigenvalue weighted by Gasteiger charge is -2.21. The first kappa shape index (κ1) is 9.94. The Labute approximate surface area is 65.9 Å². The van der Waals surface area contributed by atoms with Gasteiger partial charge in [0.25, 0.3) is 0 Å².